The van der Waals surface area contributed by atoms with Crippen LogP contribution in [0.1, 0.15) is 30.5 Å². The first-order valence-corrected chi connectivity index (χ1v) is 7.55. The van der Waals surface area contributed by atoms with Crippen LogP contribution in [0, 0.1) is 19.7 Å². The molecule has 2 aromatic carbocycles. The van der Waals surface area contributed by atoms with E-state index in [-0.39, 0.29) is 11.3 Å². The number of halogens is 7. The van der Waals surface area contributed by atoms with E-state index in [2.05, 4.69) is 4.74 Å². The standard InChI is InChI=1S/C8H6F4.C8H7F3O.C2H6/c1-5-3-2-4-6(9)7(5)8(10,11)12;1-6-3-2-4-7(5-6)12-8(9,10)11;1-2/h2-4H,1H3;2-5H,1H3;1-2H3. The van der Waals surface area contributed by atoms with Crippen molar-refractivity contribution in [1.29, 1.82) is 0 Å². The molecule has 0 unspecified atom stereocenters. The van der Waals surface area contributed by atoms with Gasteiger partial charge in [0.1, 0.15) is 11.6 Å². The summed E-state index contributed by atoms with van der Waals surface area (Å²) in [4.78, 5) is 0. The lowest BCUT2D eigenvalue weighted by Gasteiger charge is -2.09. The molecule has 0 atom stereocenters. The predicted octanol–water partition coefficient (Wildman–Crippen LogP) is 7.07. The smallest absolute Gasteiger partial charge is 0.406 e. The molecule has 2 rings (SSSR count). The van der Waals surface area contributed by atoms with Crippen LogP contribution in [-0.4, -0.2) is 6.36 Å². The topological polar surface area (TPSA) is 9.23 Å². The van der Waals surface area contributed by atoms with Gasteiger partial charge in [-0.1, -0.05) is 38.1 Å². The number of benzene rings is 2. The highest BCUT2D eigenvalue weighted by Gasteiger charge is 2.35. The molecule has 0 saturated heterocycles. The minimum absolute atomic E-state index is 0.0949. The molecule has 0 aromatic heterocycles. The van der Waals surface area contributed by atoms with E-state index in [0.29, 0.717) is 0 Å². The fraction of sp³-hybridized carbons (Fsp3) is 0.333. The van der Waals surface area contributed by atoms with Gasteiger partial charge in [0.05, 0.1) is 5.56 Å². The maximum Gasteiger partial charge on any atom is 0.573 e. The lowest BCUT2D eigenvalue weighted by atomic mass is 10.1. The van der Waals surface area contributed by atoms with Crippen molar-refractivity contribution in [3.8, 4) is 5.75 Å². The van der Waals surface area contributed by atoms with Crippen molar-refractivity contribution >= 4 is 0 Å². The van der Waals surface area contributed by atoms with Gasteiger partial charge in [-0.15, -0.1) is 13.2 Å². The SMILES string of the molecule is CC.Cc1cccc(F)c1C(F)(F)F.Cc1cccc(OC(F)(F)F)c1. The van der Waals surface area contributed by atoms with Crippen molar-refractivity contribution in [3.63, 3.8) is 0 Å². The monoisotopic (exact) mass is 384 g/mol. The minimum atomic E-state index is -4.60. The second kappa shape index (κ2) is 10.0. The number of aryl methyl sites for hydroxylation is 2. The first kappa shape index (κ1) is 23.8. The van der Waals surface area contributed by atoms with Crippen LogP contribution in [0.3, 0.4) is 0 Å². The van der Waals surface area contributed by atoms with Crippen molar-refractivity contribution in [3.05, 3.63) is 65.0 Å². The quantitative estimate of drug-likeness (QED) is 0.478. The second-order valence-corrected chi connectivity index (χ2v) is 4.79. The number of alkyl halides is 6. The van der Waals surface area contributed by atoms with E-state index < -0.39 is 23.9 Å². The Kier molecular flexibility index (Phi) is 9.17. The van der Waals surface area contributed by atoms with Gasteiger partial charge in [0.15, 0.2) is 0 Å². The highest BCUT2D eigenvalue weighted by atomic mass is 19.4. The lowest BCUT2D eigenvalue weighted by molar-refractivity contribution is -0.274. The van der Waals surface area contributed by atoms with Crippen molar-refractivity contribution in [2.24, 2.45) is 0 Å². The summed E-state index contributed by atoms with van der Waals surface area (Å²) in [5, 5.41) is 0. The summed E-state index contributed by atoms with van der Waals surface area (Å²) < 4.78 is 87.5. The second-order valence-electron chi connectivity index (χ2n) is 4.79. The van der Waals surface area contributed by atoms with Gasteiger partial charge >= 0.3 is 12.5 Å². The maximum atomic E-state index is 12.6. The third-order valence-electron chi connectivity index (χ3n) is 2.73. The van der Waals surface area contributed by atoms with E-state index in [1.807, 2.05) is 13.8 Å². The van der Waals surface area contributed by atoms with E-state index in [1.165, 1.54) is 37.3 Å². The molecule has 26 heavy (non-hydrogen) atoms. The first-order valence-electron chi connectivity index (χ1n) is 7.55. The summed E-state index contributed by atoms with van der Waals surface area (Å²) in [5.41, 5.74) is -0.538. The Bertz CT molecular complexity index is 656. The zero-order valence-electron chi connectivity index (χ0n) is 14.6. The third kappa shape index (κ3) is 8.73. The normalized spacial score (nSPS) is 10.9. The Morgan fingerprint density at radius 3 is 1.73 bits per heavy atom. The van der Waals surface area contributed by atoms with Gasteiger partial charge in [-0.05, 0) is 43.2 Å². The molecular formula is C18H19F7O. The van der Waals surface area contributed by atoms with Crippen LogP contribution in [0.25, 0.3) is 0 Å². The van der Waals surface area contributed by atoms with Gasteiger partial charge in [0.25, 0.3) is 0 Å². The molecule has 0 heterocycles. The molecule has 146 valence electrons. The fourth-order valence-electron chi connectivity index (χ4n) is 1.80. The number of hydrogen-bond donors (Lipinski definition) is 0. The van der Waals surface area contributed by atoms with Crippen molar-refractivity contribution < 1.29 is 35.5 Å². The molecule has 0 N–H and O–H groups in total. The van der Waals surface area contributed by atoms with Gasteiger partial charge in [-0.25, -0.2) is 4.39 Å². The molecular weight excluding hydrogens is 365 g/mol. The molecule has 0 aliphatic carbocycles. The average Bonchev–Trinajstić information content (AvgIpc) is 2.46. The van der Waals surface area contributed by atoms with Gasteiger partial charge in [-0.3, -0.25) is 0 Å². The van der Waals surface area contributed by atoms with Gasteiger partial charge in [0, 0.05) is 0 Å². The summed E-state index contributed by atoms with van der Waals surface area (Å²) in [6.45, 7) is 6.93. The molecule has 0 bridgehead atoms. The van der Waals surface area contributed by atoms with Crippen LogP contribution in [-0.2, 0) is 6.18 Å². The Hall–Kier alpha value is -2.25. The molecule has 0 fully saturated rings. The Labute approximate surface area is 147 Å². The largest absolute Gasteiger partial charge is 0.573 e. The van der Waals surface area contributed by atoms with E-state index >= 15 is 0 Å². The van der Waals surface area contributed by atoms with E-state index in [9.17, 15) is 30.7 Å². The Morgan fingerprint density at radius 2 is 1.35 bits per heavy atom. The summed E-state index contributed by atoms with van der Waals surface area (Å²) in [6.07, 6.45) is -9.21. The molecule has 0 amide bonds. The van der Waals surface area contributed by atoms with E-state index in [1.54, 1.807) is 13.0 Å². The van der Waals surface area contributed by atoms with Gasteiger partial charge < -0.3 is 4.74 Å². The average molecular weight is 384 g/mol. The molecule has 8 heteroatoms. The predicted molar refractivity (Wildman–Crippen MR) is 85.3 cm³/mol. The summed E-state index contributed by atoms with van der Waals surface area (Å²) >= 11 is 0. The van der Waals surface area contributed by atoms with Gasteiger partial charge in [0.2, 0.25) is 0 Å². The van der Waals surface area contributed by atoms with E-state index in [4.69, 9.17) is 0 Å². The first-order chi connectivity index (χ1) is 11.9. The minimum Gasteiger partial charge on any atom is -0.406 e. The lowest BCUT2D eigenvalue weighted by Crippen LogP contribution is -2.17. The molecule has 0 aliphatic heterocycles. The molecule has 0 saturated carbocycles. The molecule has 1 nitrogen and oxygen atoms in total. The van der Waals surface area contributed by atoms with Crippen LogP contribution < -0.4 is 4.74 Å². The Morgan fingerprint density at radius 1 is 0.808 bits per heavy atom. The van der Waals surface area contributed by atoms with Crippen molar-refractivity contribution in [2.45, 2.75) is 40.2 Å². The molecule has 0 aliphatic rings. The zero-order valence-corrected chi connectivity index (χ0v) is 14.6. The van der Waals surface area contributed by atoms with Gasteiger partial charge in [-0.2, -0.15) is 13.2 Å². The van der Waals surface area contributed by atoms with Crippen LogP contribution in [0.4, 0.5) is 30.7 Å². The van der Waals surface area contributed by atoms with Crippen LogP contribution >= 0.6 is 0 Å². The summed E-state index contributed by atoms with van der Waals surface area (Å²) in [6, 6.07) is 9.08. The molecule has 0 spiro atoms. The maximum absolute atomic E-state index is 12.6. The molecule has 2 aromatic rings. The summed E-state index contributed by atoms with van der Waals surface area (Å²) in [7, 11) is 0. The van der Waals surface area contributed by atoms with E-state index in [0.717, 1.165) is 11.6 Å². The highest BCUT2D eigenvalue weighted by Crippen LogP contribution is 2.33. The highest BCUT2D eigenvalue weighted by molar-refractivity contribution is 5.29. The number of ether oxygens (including phenoxy) is 1. The summed E-state index contributed by atoms with van der Waals surface area (Å²) in [5.74, 6) is -1.40. The third-order valence-corrected chi connectivity index (χ3v) is 2.73. The van der Waals surface area contributed by atoms with Crippen molar-refractivity contribution in [2.75, 3.05) is 0 Å². The van der Waals surface area contributed by atoms with Crippen LogP contribution in [0.15, 0.2) is 42.5 Å². The van der Waals surface area contributed by atoms with Crippen molar-refractivity contribution in [1.82, 2.24) is 0 Å². The van der Waals surface area contributed by atoms with Crippen LogP contribution in [0.2, 0.25) is 0 Å². The molecule has 0 radical (unpaired) electrons. The Balaban J connectivity index is 0.000000439. The fourth-order valence-corrected chi connectivity index (χ4v) is 1.80. The zero-order chi connectivity index (χ0) is 20.5. The van der Waals surface area contributed by atoms with Crippen LogP contribution in [0.5, 0.6) is 5.75 Å². The number of hydrogen-bond acceptors (Lipinski definition) is 1. The number of rotatable bonds is 1.